The molecule has 2 aromatic carbocycles. The third-order valence-electron chi connectivity index (χ3n) is 4.89. The van der Waals surface area contributed by atoms with Gasteiger partial charge in [-0.2, -0.15) is 5.26 Å². The highest BCUT2D eigenvalue weighted by Gasteiger charge is 2.17. The van der Waals surface area contributed by atoms with Crippen LogP contribution in [-0.2, 0) is 4.79 Å². The van der Waals surface area contributed by atoms with Gasteiger partial charge in [-0.25, -0.2) is 0 Å². The average molecular weight is 356 g/mol. The maximum atomic E-state index is 12.3. The van der Waals surface area contributed by atoms with E-state index in [0.29, 0.717) is 17.8 Å². The molecule has 0 saturated heterocycles. The van der Waals surface area contributed by atoms with Crippen molar-refractivity contribution in [2.24, 2.45) is 0 Å². The molecule has 1 aliphatic rings. The van der Waals surface area contributed by atoms with Crippen molar-refractivity contribution in [2.45, 2.75) is 6.42 Å². The summed E-state index contributed by atoms with van der Waals surface area (Å²) in [6, 6.07) is 17.3. The predicted molar refractivity (Wildman–Crippen MR) is 107 cm³/mol. The number of anilines is 1. The minimum absolute atomic E-state index is 0.0383. The highest BCUT2D eigenvalue weighted by molar-refractivity contribution is 5.93. The second-order valence-corrected chi connectivity index (χ2v) is 6.70. The number of fused-ring (bicyclic) bond motifs is 1. The van der Waals surface area contributed by atoms with Crippen LogP contribution in [0.15, 0.2) is 60.8 Å². The summed E-state index contributed by atoms with van der Waals surface area (Å²) in [6.45, 7) is 1.97. The molecule has 5 nitrogen and oxygen atoms in total. The van der Waals surface area contributed by atoms with Gasteiger partial charge in [0.1, 0.15) is 0 Å². The van der Waals surface area contributed by atoms with Crippen molar-refractivity contribution in [1.82, 2.24) is 9.88 Å². The van der Waals surface area contributed by atoms with Gasteiger partial charge in [0.15, 0.2) is 0 Å². The maximum absolute atomic E-state index is 12.3. The molecule has 1 aliphatic heterocycles. The van der Waals surface area contributed by atoms with Crippen molar-refractivity contribution in [2.75, 3.05) is 25.0 Å². The number of rotatable bonds is 4. The van der Waals surface area contributed by atoms with Crippen LogP contribution in [0.4, 0.5) is 5.69 Å². The molecule has 4 rings (SSSR count). The second kappa shape index (κ2) is 7.48. The quantitative estimate of drug-likeness (QED) is 0.747. The molecule has 0 fully saturated rings. The summed E-state index contributed by atoms with van der Waals surface area (Å²) in [7, 11) is 0. The number of nitrogens with zero attached hydrogens (tertiary/aromatic N) is 2. The Morgan fingerprint density at radius 2 is 2.00 bits per heavy atom. The molecule has 0 atom stereocenters. The molecule has 1 aromatic heterocycles. The van der Waals surface area contributed by atoms with Crippen molar-refractivity contribution in [3.63, 3.8) is 0 Å². The standard InChI is InChI=1S/C22H20N4O/c23-13-16-5-7-18(8-6-16)25-22(27)15-26-11-9-17(10-12-26)20-14-24-21-4-2-1-3-19(20)21/h1-9,14,24H,10-12,15H2,(H,25,27). The van der Waals surface area contributed by atoms with Crippen LogP contribution in [0.5, 0.6) is 0 Å². The van der Waals surface area contributed by atoms with E-state index in [0.717, 1.165) is 25.0 Å². The fraction of sp³-hybridized carbons (Fsp3) is 0.182. The number of hydrogen-bond acceptors (Lipinski definition) is 3. The first-order chi connectivity index (χ1) is 13.2. The molecule has 0 unspecified atom stereocenters. The van der Waals surface area contributed by atoms with Crippen LogP contribution in [0.25, 0.3) is 16.5 Å². The summed E-state index contributed by atoms with van der Waals surface area (Å²) in [5, 5.41) is 13.0. The van der Waals surface area contributed by atoms with E-state index < -0.39 is 0 Å². The normalized spacial score (nSPS) is 14.6. The van der Waals surface area contributed by atoms with Gasteiger partial charge in [-0.1, -0.05) is 24.3 Å². The number of aromatic amines is 1. The Balaban J connectivity index is 1.37. The maximum Gasteiger partial charge on any atom is 0.238 e. The Labute approximate surface area is 157 Å². The third kappa shape index (κ3) is 3.76. The average Bonchev–Trinajstić information content (AvgIpc) is 3.13. The monoisotopic (exact) mass is 356 g/mol. The zero-order chi connectivity index (χ0) is 18.6. The zero-order valence-corrected chi connectivity index (χ0v) is 14.9. The SMILES string of the molecule is N#Cc1ccc(NC(=O)CN2CC=C(c3c[nH]c4ccccc34)CC2)cc1. The molecule has 1 amide bonds. The number of nitriles is 1. The first-order valence-corrected chi connectivity index (χ1v) is 9.01. The molecule has 2 heterocycles. The number of carbonyl (C=O) groups is 1. The predicted octanol–water partition coefficient (Wildman–Crippen LogP) is 3.77. The summed E-state index contributed by atoms with van der Waals surface area (Å²) in [6.07, 6.45) is 5.21. The molecule has 0 saturated carbocycles. The first-order valence-electron chi connectivity index (χ1n) is 9.01. The number of H-pyrrole nitrogens is 1. The van der Waals surface area contributed by atoms with Crippen LogP contribution < -0.4 is 5.32 Å². The Morgan fingerprint density at radius 1 is 1.19 bits per heavy atom. The van der Waals surface area contributed by atoms with Crippen molar-refractivity contribution in [3.05, 3.63) is 71.9 Å². The molecular formula is C22H20N4O. The highest BCUT2D eigenvalue weighted by atomic mass is 16.2. The van der Waals surface area contributed by atoms with Crippen molar-refractivity contribution >= 4 is 28.1 Å². The topological polar surface area (TPSA) is 71.9 Å². The van der Waals surface area contributed by atoms with Gasteiger partial charge in [-0.15, -0.1) is 0 Å². The molecule has 134 valence electrons. The Kier molecular flexibility index (Phi) is 4.73. The van der Waals surface area contributed by atoms with Crippen LogP contribution in [0.2, 0.25) is 0 Å². The molecule has 3 aromatic rings. The van der Waals surface area contributed by atoms with Gasteiger partial charge < -0.3 is 10.3 Å². The van der Waals surface area contributed by atoms with E-state index in [1.165, 1.54) is 16.5 Å². The minimum Gasteiger partial charge on any atom is -0.361 e. The number of aromatic nitrogens is 1. The Bertz CT molecular complexity index is 1040. The summed E-state index contributed by atoms with van der Waals surface area (Å²) < 4.78 is 0. The lowest BCUT2D eigenvalue weighted by Gasteiger charge is -2.25. The van der Waals surface area contributed by atoms with Gasteiger partial charge in [-0.3, -0.25) is 9.69 Å². The van der Waals surface area contributed by atoms with Crippen molar-refractivity contribution in [1.29, 1.82) is 5.26 Å². The number of para-hydroxylation sites is 1. The molecule has 0 radical (unpaired) electrons. The summed E-state index contributed by atoms with van der Waals surface area (Å²) in [4.78, 5) is 17.7. The Morgan fingerprint density at radius 3 is 2.74 bits per heavy atom. The van der Waals surface area contributed by atoms with Gasteiger partial charge in [-0.05, 0) is 42.3 Å². The molecule has 0 bridgehead atoms. The van der Waals surface area contributed by atoms with E-state index in [9.17, 15) is 4.79 Å². The van der Waals surface area contributed by atoms with Crippen molar-refractivity contribution < 1.29 is 4.79 Å². The van der Waals surface area contributed by atoms with E-state index in [-0.39, 0.29) is 5.91 Å². The number of benzene rings is 2. The van der Waals surface area contributed by atoms with Crippen molar-refractivity contribution in [3.8, 4) is 6.07 Å². The van der Waals surface area contributed by atoms with E-state index in [2.05, 4.69) is 51.7 Å². The Hall–Kier alpha value is -3.36. The first kappa shape index (κ1) is 17.1. The second-order valence-electron chi connectivity index (χ2n) is 6.70. The molecule has 2 N–H and O–H groups in total. The fourth-order valence-corrected chi connectivity index (χ4v) is 3.47. The summed E-state index contributed by atoms with van der Waals surface area (Å²) in [5.74, 6) is -0.0383. The molecule has 27 heavy (non-hydrogen) atoms. The highest BCUT2D eigenvalue weighted by Crippen LogP contribution is 2.29. The zero-order valence-electron chi connectivity index (χ0n) is 14.9. The molecule has 0 spiro atoms. The van der Waals surface area contributed by atoms with Crippen LogP contribution in [0, 0.1) is 11.3 Å². The number of hydrogen-bond donors (Lipinski definition) is 2. The van der Waals surface area contributed by atoms with Crippen LogP contribution in [0.1, 0.15) is 17.5 Å². The lowest BCUT2D eigenvalue weighted by atomic mass is 9.99. The summed E-state index contributed by atoms with van der Waals surface area (Å²) >= 11 is 0. The molecule has 5 heteroatoms. The number of amides is 1. The van der Waals surface area contributed by atoms with Gasteiger partial charge in [0.25, 0.3) is 0 Å². The lowest BCUT2D eigenvalue weighted by Crippen LogP contribution is -2.36. The van der Waals surface area contributed by atoms with Gasteiger partial charge in [0.05, 0.1) is 18.2 Å². The number of carbonyl (C=O) groups excluding carboxylic acids is 1. The lowest BCUT2D eigenvalue weighted by molar-refractivity contribution is -0.117. The van der Waals surface area contributed by atoms with Gasteiger partial charge in [0, 0.05) is 41.4 Å². The van der Waals surface area contributed by atoms with E-state index in [4.69, 9.17) is 5.26 Å². The summed E-state index contributed by atoms with van der Waals surface area (Å²) in [5.41, 5.74) is 5.03. The van der Waals surface area contributed by atoms with Crippen LogP contribution >= 0.6 is 0 Å². The minimum atomic E-state index is -0.0383. The molecule has 0 aliphatic carbocycles. The number of nitrogens with one attached hydrogen (secondary N) is 2. The third-order valence-corrected chi connectivity index (χ3v) is 4.89. The smallest absolute Gasteiger partial charge is 0.238 e. The fourth-order valence-electron chi connectivity index (χ4n) is 3.47. The van der Waals surface area contributed by atoms with Crippen LogP contribution in [-0.4, -0.2) is 35.4 Å². The van der Waals surface area contributed by atoms with Gasteiger partial charge >= 0.3 is 0 Å². The van der Waals surface area contributed by atoms with Gasteiger partial charge in [0.2, 0.25) is 5.91 Å². The van der Waals surface area contributed by atoms with E-state index in [1.807, 2.05) is 6.07 Å². The van der Waals surface area contributed by atoms with E-state index in [1.54, 1.807) is 24.3 Å². The van der Waals surface area contributed by atoms with Crippen LogP contribution in [0.3, 0.4) is 0 Å². The van der Waals surface area contributed by atoms with E-state index >= 15 is 0 Å². The molecular weight excluding hydrogens is 336 g/mol. The largest absolute Gasteiger partial charge is 0.361 e.